The van der Waals surface area contributed by atoms with Crippen molar-refractivity contribution in [2.75, 3.05) is 33.1 Å². The minimum atomic E-state index is 0.621. The smallest absolute Gasteiger partial charge is 0.194 e. The van der Waals surface area contributed by atoms with Crippen LogP contribution >= 0.6 is 0 Å². The molecule has 0 radical (unpaired) electrons. The van der Waals surface area contributed by atoms with Gasteiger partial charge in [0, 0.05) is 47.2 Å². The minimum Gasteiger partial charge on any atom is -0.363 e. The zero-order chi connectivity index (χ0) is 19.4. The van der Waals surface area contributed by atoms with E-state index in [1.54, 1.807) is 18.1 Å². The fraction of sp³-hybridized carbons (Fsp3) is 0.368. The van der Waals surface area contributed by atoms with E-state index < -0.39 is 0 Å². The van der Waals surface area contributed by atoms with Crippen LogP contribution in [-0.2, 0) is 20.1 Å². The number of benzene rings is 1. The zero-order valence-corrected chi connectivity index (χ0v) is 16.5. The Balaban J connectivity index is 1.79. The van der Waals surface area contributed by atoms with Crippen LogP contribution in [0.4, 0.5) is 5.82 Å². The number of aliphatic imine (C=N–C) groups is 1. The summed E-state index contributed by atoms with van der Waals surface area (Å²) in [7, 11) is 9.66. The van der Waals surface area contributed by atoms with Gasteiger partial charge in [-0.25, -0.2) is 9.97 Å². The molecule has 8 nitrogen and oxygen atoms in total. The fourth-order valence-corrected chi connectivity index (χ4v) is 2.92. The van der Waals surface area contributed by atoms with Crippen LogP contribution in [0.3, 0.4) is 0 Å². The van der Waals surface area contributed by atoms with Gasteiger partial charge in [-0.1, -0.05) is 18.2 Å². The van der Waals surface area contributed by atoms with Crippen LogP contribution in [0.25, 0.3) is 10.9 Å². The number of hydrogen-bond acceptors (Lipinski definition) is 5. The molecular weight excluding hydrogens is 340 g/mol. The van der Waals surface area contributed by atoms with E-state index in [4.69, 9.17) is 4.98 Å². The minimum absolute atomic E-state index is 0.621. The molecule has 0 amide bonds. The average Bonchev–Trinajstić information content (AvgIpc) is 3.06. The number of anilines is 1. The van der Waals surface area contributed by atoms with Gasteiger partial charge in [0.1, 0.15) is 18.0 Å². The molecule has 0 fully saturated rings. The van der Waals surface area contributed by atoms with Gasteiger partial charge in [0.2, 0.25) is 0 Å². The lowest BCUT2D eigenvalue weighted by atomic mass is 10.1. The number of guanidine groups is 1. The van der Waals surface area contributed by atoms with Crippen LogP contribution in [0.5, 0.6) is 0 Å². The van der Waals surface area contributed by atoms with Crippen LogP contribution in [0.15, 0.2) is 41.7 Å². The maximum atomic E-state index is 4.72. The summed E-state index contributed by atoms with van der Waals surface area (Å²) < 4.78 is 1.77. The molecule has 0 aliphatic heterocycles. The number of fused-ring (bicyclic) bond motifs is 1. The van der Waals surface area contributed by atoms with Gasteiger partial charge in [0.25, 0.3) is 0 Å². The lowest BCUT2D eigenvalue weighted by Crippen LogP contribution is -2.38. The Morgan fingerprint density at radius 2 is 2.00 bits per heavy atom. The molecule has 0 aliphatic rings. The number of pyridine rings is 1. The summed E-state index contributed by atoms with van der Waals surface area (Å²) in [6.45, 7) is 1.27. The van der Waals surface area contributed by atoms with Gasteiger partial charge in [-0.15, -0.1) is 0 Å². The highest BCUT2D eigenvalue weighted by Crippen LogP contribution is 2.22. The molecule has 27 heavy (non-hydrogen) atoms. The molecule has 3 aromatic rings. The summed E-state index contributed by atoms with van der Waals surface area (Å²) >= 11 is 0. The maximum Gasteiger partial charge on any atom is 0.194 e. The monoisotopic (exact) mass is 366 g/mol. The van der Waals surface area contributed by atoms with Crippen molar-refractivity contribution >= 4 is 22.7 Å². The topological polar surface area (TPSA) is 74.5 Å². The zero-order valence-electron chi connectivity index (χ0n) is 16.5. The molecule has 3 rings (SSSR count). The summed E-state index contributed by atoms with van der Waals surface area (Å²) in [6, 6.07) is 10.3. The molecule has 8 heteroatoms. The second kappa shape index (κ2) is 8.03. The Hall–Kier alpha value is -3.16. The van der Waals surface area contributed by atoms with E-state index in [2.05, 4.69) is 32.5 Å². The van der Waals surface area contributed by atoms with Gasteiger partial charge in [-0.05, 0) is 17.7 Å². The van der Waals surface area contributed by atoms with Crippen LogP contribution < -0.4 is 10.2 Å². The largest absolute Gasteiger partial charge is 0.363 e. The van der Waals surface area contributed by atoms with E-state index in [-0.39, 0.29) is 0 Å². The first-order chi connectivity index (χ1) is 13.0. The van der Waals surface area contributed by atoms with Gasteiger partial charge < -0.3 is 15.1 Å². The summed E-state index contributed by atoms with van der Waals surface area (Å²) in [6.07, 6.45) is 1.56. The van der Waals surface area contributed by atoms with Crippen LogP contribution in [0.1, 0.15) is 11.4 Å². The molecule has 0 unspecified atom stereocenters. The molecule has 0 bridgehead atoms. The van der Waals surface area contributed by atoms with Crippen LogP contribution in [0.2, 0.25) is 0 Å². The summed E-state index contributed by atoms with van der Waals surface area (Å²) in [4.78, 5) is 17.4. The van der Waals surface area contributed by atoms with Crippen LogP contribution in [-0.4, -0.2) is 58.8 Å². The van der Waals surface area contributed by atoms with Gasteiger partial charge in [-0.3, -0.25) is 9.67 Å². The number of aryl methyl sites for hydroxylation is 1. The third kappa shape index (κ3) is 4.16. The van der Waals surface area contributed by atoms with E-state index in [1.165, 1.54) is 5.56 Å². The normalized spacial score (nSPS) is 11.7. The molecule has 0 aliphatic carbocycles. The highest BCUT2D eigenvalue weighted by Gasteiger charge is 2.12. The Bertz CT molecular complexity index is 944. The quantitative estimate of drug-likeness (QED) is 0.547. The Morgan fingerprint density at radius 1 is 1.22 bits per heavy atom. The van der Waals surface area contributed by atoms with Crippen molar-refractivity contribution in [2.24, 2.45) is 12.0 Å². The predicted molar refractivity (Wildman–Crippen MR) is 109 cm³/mol. The lowest BCUT2D eigenvalue weighted by molar-refractivity contribution is 0.448. The first-order valence-electron chi connectivity index (χ1n) is 8.80. The number of rotatable bonds is 5. The maximum absolute atomic E-state index is 4.72. The van der Waals surface area contributed by atoms with Crippen molar-refractivity contribution in [1.29, 1.82) is 0 Å². The fourth-order valence-electron chi connectivity index (χ4n) is 2.92. The first kappa shape index (κ1) is 18.6. The Kier molecular flexibility index (Phi) is 5.54. The number of hydrogen-bond donors (Lipinski definition) is 1. The molecule has 0 spiro atoms. The molecule has 2 heterocycles. The molecule has 0 atom stereocenters. The molecule has 142 valence electrons. The van der Waals surface area contributed by atoms with E-state index >= 15 is 0 Å². The molecule has 0 saturated carbocycles. The van der Waals surface area contributed by atoms with Gasteiger partial charge in [-0.2, -0.15) is 5.10 Å². The first-order valence-corrected chi connectivity index (χ1v) is 8.80. The molecule has 2 aromatic heterocycles. The van der Waals surface area contributed by atoms with E-state index in [9.17, 15) is 0 Å². The van der Waals surface area contributed by atoms with E-state index in [0.29, 0.717) is 13.1 Å². The summed E-state index contributed by atoms with van der Waals surface area (Å²) in [5.41, 5.74) is 2.17. The standard InChI is InChI=1S/C19H26N8/c1-20-19(26(4)12-18-22-13-23-27(18)5)21-11-14-10-17(25(2)3)24-16-9-7-6-8-15(14)16/h6-10,13H,11-12H2,1-5H3,(H,20,21). The van der Waals surface area contributed by atoms with Gasteiger partial charge in [0.15, 0.2) is 5.96 Å². The van der Waals surface area contributed by atoms with E-state index in [0.717, 1.165) is 28.5 Å². The van der Waals surface area contributed by atoms with Crippen molar-refractivity contribution in [3.63, 3.8) is 0 Å². The van der Waals surface area contributed by atoms with Crippen molar-refractivity contribution in [2.45, 2.75) is 13.1 Å². The third-order valence-electron chi connectivity index (χ3n) is 4.44. The Morgan fingerprint density at radius 3 is 2.67 bits per heavy atom. The summed E-state index contributed by atoms with van der Waals surface area (Å²) in [5, 5.41) is 8.70. The lowest BCUT2D eigenvalue weighted by Gasteiger charge is -2.22. The number of nitrogens with one attached hydrogen (secondary N) is 1. The molecular formula is C19H26N8. The van der Waals surface area contributed by atoms with E-state index in [1.807, 2.05) is 56.2 Å². The van der Waals surface area contributed by atoms with Gasteiger partial charge in [0.05, 0.1) is 12.1 Å². The van der Waals surface area contributed by atoms with Crippen molar-refractivity contribution in [3.8, 4) is 0 Å². The predicted octanol–water partition coefficient (Wildman–Crippen LogP) is 1.64. The molecule has 1 N–H and O–H groups in total. The van der Waals surface area contributed by atoms with Crippen LogP contribution in [0, 0.1) is 0 Å². The molecule has 0 saturated heterocycles. The SMILES string of the molecule is CN=C(NCc1cc(N(C)C)nc2ccccc12)N(C)Cc1ncnn1C. The second-order valence-electron chi connectivity index (χ2n) is 6.61. The van der Waals surface area contributed by atoms with Crippen molar-refractivity contribution in [1.82, 2.24) is 30.0 Å². The Labute approximate surface area is 159 Å². The summed E-state index contributed by atoms with van der Waals surface area (Å²) in [5.74, 6) is 2.61. The average molecular weight is 366 g/mol. The number of para-hydroxylation sites is 1. The third-order valence-corrected chi connectivity index (χ3v) is 4.44. The number of nitrogens with zero attached hydrogens (tertiary/aromatic N) is 7. The van der Waals surface area contributed by atoms with Gasteiger partial charge >= 0.3 is 0 Å². The highest BCUT2D eigenvalue weighted by molar-refractivity contribution is 5.85. The highest BCUT2D eigenvalue weighted by atomic mass is 15.4. The number of aromatic nitrogens is 4. The second-order valence-corrected chi connectivity index (χ2v) is 6.61. The molecule has 1 aromatic carbocycles. The van der Waals surface area contributed by atoms with Crippen molar-refractivity contribution in [3.05, 3.63) is 48.0 Å². The van der Waals surface area contributed by atoms with Crippen molar-refractivity contribution < 1.29 is 0 Å².